The van der Waals surface area contributed by atoms with Crippen molar-refractivity contribution in [3.05, 3.63) is 66.0 Å². The maximum Gasteiger partial charge on any atom is 0.181 e. The van der Waals surface area contributed by atoms with Crippen molar-refractivity contribution in [2.75, 3.05) is 5.32 Å². The number of benzene rings is 2. The molecule has 0 atom stereocenters. The molecule has 1 fully saturated rings. The Morgan fingerprint density at radius 3 is 2.52 bits per heavy atom. The lowest BCUT2D eigenvalue weighted by Gasteiger charge is -2.37. The van der Waals surface area contributed by atoms with E-state index in [1.54, 1.807) is 0 Å². The lowest BCUT2D eigenvalue weighted by Crippen LogP contribution is -2.40. The van der Waals surface area contributed by atoms with Crippen LogP contribution in [0.25, 0.3) is 5.69 Å². The third kappa shape index (κ3) is 3.14. The molecule has 0 amide bonds. The Labute approximate surface area is 148 Å². The van der Waals surface area contributed by atoms with Gasteiger partial charge in [0.1, 0.15) is 0 Å². The lowest BCUT2D eigenvalue weighted by molar-refractivity contribution is 0.309. The van der Waals surface area contributed by atoms with Crippen LogP contribution < -0.4 is 5.32 Å². The summed E-state index contributed by atoms with van der Waals surface area (Å²) in [6, 6.07) is 18.7. The SMILES string of the molecule is Cc1cccc(NC2(c3nnnn3-c3ccccc3)CCCCC2)c1. The largest absolute Gasteiger partial charge is 0.373 e. The summed E-state index contributed by atoms with van der Waals surface area (Å²) in [7, 11) is 0. The van der Waals surface area contributed by atoms with E-state index < -0.39 is 0 Å². The van der Waals surface area contributed by atoms with Crippen LogP contribution in [0.15, 0.2) is 54.6 Å². The molecule has 0 bridgehead atoms. The van der Waals surface area contributed by atoms with Crippen molar-refractivity contribution in [2.24, 2.45) is 0 Å². The molecule has 1 aromatic heterocycles. The van der Waals surface area contributed by atoms with E-state index in [0.29, 0.717) is 0 Å². The summed E-state index contributed by atoms with van der Waals surface area (Å²) < 4.78 is 1.88. The number of para-hydroxylation sites is 1. The van der Waals surface area contributed by atoms with Crippen LogP contribution in [0.1, 0.15) is 43.5 Å². The average Bonchev–Trinajstić information content (AvgIpc) is 3.14. The van der Waals surface area contributed by atoms with E-state index >= 15 is 0 Å². The second-order valence-electron chi connectivity index (χ2n) is 6.89. The molecule has 0 radical (unpaired) electrons. The number of anilines is 1. The lowest BCUT2D eigenvalue weighted by atomic mass is 9.80. The van der Waals surface area contributed by atoms with Crippen LogP contribution in [-0.2, 0) is 5.54 Å². The van der Waals surface area contributed by atoms with Gasteiger partial charge in [-0.05, 0) is 60.0 Å². The van der Waals surface area contributed by atoms with E-state index in [2.05, 4.69) is 52.0 Å². The molecule has 4 rings (SSSR count). The molecule has 5 heteroatoms. The van der Waals surface area contributed by atoms with Crippen LogP contribution in [-0.4, -0.2) is 20.2 Å². The highest BCUT2D eigenvalue weighted by Gasteiger charge is 2.39. The van der Waals surface area contributed by atoms with E-state index in [-0.39, 0.29) is 5.54 Å². The van der Waals surface area contributed by atoms with Gasteiger partial charge in [-0.3, -0.25) is 0 Å². The Hall–Kier alpha value is -2.69. The molecule has 0 spiro atoms. The zero-order valence-electron chi connectivity index (χ0n) is 14.5. The van der Waals surface area contributed by atoms with Crippen molar-refractivity contribution < 1.29 is 0 Å². The molecule has 1 aliphatic rings. The number of hydrogen-bond donors (Lipinski definition) is 1. The third-order valence-electron chi connectivity index (χ3n) is 5.01. The summed E-state index contributed by atoms with van der Waals surface area (Å²) >= 11 is 0. The Kier molecular flexibility index (Phi) is 4.22. The van der Waals surface area contributed by atoms with Gasteiger partial charge in [-0.2, -0.15) is 4.68 Å². The highest BCUT2D eigenvalue weighted by atomic mass is 15.6. The van der Waals surface area contributed by atoms with Gasteiger partial charge in [-0.15, -0.1) is 5.10 Å². The fourth-order valence-electron chi connectivity index (χ4n) is 3.79. The van der Waals surface area contributed by atoms with E-state index in [1.165, 1.54) is 24.8 Å². The van der Waals surface area contributed by atoms with E-state index in [4.69, 9.17) is 0 Å². The number of aromatic nitrogens is 4. The minimum Gasteiger partial charge on any atom is -0.373 e. The Bertz CT molecular complexity index is 834. The van der Waals surface area contributed by atoms with Crippen LogP contribution in [0, 0.1) is 6.92 Å². The van der Waals surface area contributed by atoms with Gasteiger partial charge in [0.15, 0.2) is 5.82 Å². The van der Waals surface area contributed by atoms with Crippen molar-refractivity contribution in [1.82, 2.24) is 20.2 Å². The standard InChI is InChI=1S/C20H23N5/c1-16-9-8-10-17(15-16)21-20(13-6-3-7-14-20)19-22-23-24-25(19)18-11-4-2-5-12-18/h2,4-5,8-12,15,21H,3,6-7,13-14H2,1H3. The predicted molar refractivity (Wildman–Crippen MR) is 98.7 cm³/mol. The fraction of sp³-hybridized carbons (Fsp3) is 0.350. The van der Waals surface area contributed by atoms with Gasteiger partial charge in [-0.1, -0.05) is 49.6 Å². The molecule has 1 N–H and O–H groups in total. The molecular formula is C20H23N5. The molecular weight excluding hydrogens is 310 g/mol. The van der Waals surface area contributed by atoms with E-state index in [0.717, 1.165) is 30.0 Å². The number of hydrogen-bond acceptors (Lipinski definition) is 4. The second-order valence-corrected chi connectivity index (χ2v) is 6.89. The second kappa shape index (κ2) is 6.67. The van der Waals surface area contributed by atoms with Gasteiger partial charge in [0.2, 0.25) is 0 Å². The summed E-state index contributed by atoms with van der Waals surface area (Å²) in [6.45, 7) is 2.12. The minimum absolute atomic E-state index is 0.231. The van der Waals surface area contributed by atoms with Crippen LogP contribution in [0.4, 0.5) is 5.69 Å². The zero-order chi connectivity index (χ0) is 17.1. The first-order valence-corrected chi connectivity index (χ1v) is 8.96. The van der Waals surface area contributed by atoms with Crippen LogP contribution in [0.5, 0.6) is 0 Å². The molecule has 0 aliphatic heterocycles. The van der Waals surface area contributed by atoms with Crippen LogP contribution in [0.3, 0.4) is 0 Å². The minimum atomic E-state index is -0.231. The quantitative estimate of drug-likeness (QED) is 0.776. The maximum atomic E-state index is 4.45. The predicted octanol–water partition coefficient (Wildman–Crippen LogP) is 4.24. The van der Waals surface area contributed by atoms with Crippen molar-refractivity contribution in [3.63, 3.8) is 0 Å². The van der Waals surface area contributed by atoms with Crippen molar-refractivity contribution in [3.8, 4) is 5.69 Å². The summed E-state index contributed by atoms with van der Waals surface area (Å²) in [5.41, 5.74) is 3.15. The van der Waals surface area contributed by atoms with E-state index in [9.17, 15) is 0 Å². The highest BCUT2D eigenvalue weighted by molar-refractivity contribution is 5.49. The monoisotopic (exact) mass is 333 g/mol. The smallest absolute Gasteiger partial charge is 0.181 e. The highest BCUT2D eigenvalue weighted by Crippen LogP contribution is 2.39. The van der Waals surface area contributed by atoms with Gasteiger partial charge < -0.3 is 5.32 Å². The van der Waals surface area contributed by atoms with Crippen LogP contribution >= 0.6 is 0 Å². The van der Waals surface area contributed by atoms with Gasteiger partial charge in [0.25, 0.3) is 0 Å². The maximum absolute atomic E-state index is 4.45. The summed E-state index contributed by atoms with van der Waals surface area (Å²) in [6.07, 6.45) is 5.70. The third-order valence-corrected chi connectivity index (χ3v) is 5.01. The van der Waals surface area contributed by atoms with Crippen molar-refractivity contribution in [1.29, 1.82) is 0 Å². The average molecular weight is 333 g/mol. The molecule has 0 unspecified atom stereocenters. The molecule has 3 aromatic rings. The van der Waals surface area contributed by atoms with Crippen LogP contribution in [0.2, 0.25) is 0 Å². The van der Waals surface area contributed by atoms with Gasteiger partial charge in [0, 0.05) is 5.69 Å². The zero-order valence-corrected chi connectivity index (χ0v) is 14.5. The molecule has 25 heavy (non-hydrogen) atoms. The topological polar surface area (TPSA) is 55.6 Å². The van der Waals surface area contributed by atoms with Crippen molar-refractivity contribution in [2.45, 2.75) is 44.6 Å². The first-order valence-electron chi connectivity index (χ1n) is 8.96. The number of rotatable bonds is 4. The Morgan fingerprint density at radius 2 is 1.76 bits per heavy atom. The first-order chi connectivity index (χ1) is 12.3. The summed E-state index contributed by atoms with van der Waals surface area (Å²) in [5, 5.41) is 16.5. The molecule has 5 nitrogen and oxygen atoms in total. The molecule has 1 aliphatic carbocycles. The van der Waals surface area contributed by atoms with Crippen molar-refractivity contribution >= 4 is 5.69 Å². The number of nitrogens with one attached hydrogen (secondary N) is 1. The van der Waals surface area contributed by atoms with Gasteiger partial charge in [0.05, 0.1) is 11.2 Å². The van der Waals surface area contributed by atoms with Gasteiger partial charge >= 0.3 is 0 Å². The van der Waals surface area contributed by atoms with Gasteiger partial charge in [-0.25, -0.2) is 0 Å². The van der Waals surface area contributed by atoms with E-state index in [1.807, 2.05) is 35.0 Å². The first kappa shape index (κ1) is 15.8. The fourth-order valence-corrected chi connectivity index (χ4v) is 3.79. The summed E-state index contributed by atoms with van der Waals surface area (Å²) in [5.74, 6) is 0.903. The molecule has 1 saturated carbocycles. The Balaban J connectivity index is 1.77. The normalized spacial score (nSPS) is 16.5. The number of aryl methyl sites for hydroxylation is 1. The summed E-state index contributed by atoms with van der Waals surface area (Å²) in [4.78, 5) is 0. The molecule has 0 saturated heterocycles. The molecule has 2 aromatic carbocycles. The number of tetrazole rings is 1. The number of nitrogens with zero attached hydrogens (tertiary/aromatic N) is 4. The molecule has 128 valence electrons. The molecule has 1 heterocycles. The Morgan fingerprint density at radius 1 is 0.960 bits per heavy atom.